The Morgan fingerprint density at radius 1 is 1.07 bits per heavy atom. The summed E-state index contributed by atoms with van der Waals surface area (Å²) in [6.07, 6.45) is 7.03. The largest absolute Gasteiger partial charge is 0.357 e. The molecule has 4 aromatic rings. The van der Waals surface area contributed by atoms with Gasteiger partial charge in [0.15, 0.2) is 0 Å². The molecule has 9 nitrogen and oxygen atoms in total. The van der Waals surface area contributed by atoms with E-state index in [1.165, 1.54) is 12.1 Å². The van der Waals surface area contributed by atoms with Crippen LogP contribution in [0.2, 0.25) is 0 Å². The van der Waals surface area contributed by atoms with Gasteiger partial charge in [0.05, 0.1) is 13.0 Å². The van der Waals surface area contributed by atoms with E-state index in [0.717, 1.165) is 60.3 Å². The van der Waals surface area contributed by atoms with E-state index in [0.29, 0.717) is 24.9 Å². The molecule has 1 aliphatic rings. The number of H-pyrrole nitrogens is 1. The van der Waals surface area contributed by atoms with E-state index in [1.807, 2.05) is 24.0 Å². The monoisotopic (exact) mass is 629 g/mol. The number of fused-ring (bicyclic) bond motifs is 1. The number of hydrogen-bond acceptors (Lipinski definition) is 5. The molecule has 0 aliphatic carbocycles. The Morgan fingerprint density at radius 2 is 1.80 bits per heavy atom. The van der Waals surface area contributed by atoms with E-state index in [9.17, 15) is 31.9 Å². The zero-order chi connectivity index (χ0) is 32.8. The third-order valence-electron chi connectivity index (χ3n) is 7.07. The maximum absolute atomic E-state index is 14.1. The van der Waals surface area contributed by atoms with Crippen molar-refractivity contribution >= 4 is 29.6 Å². The Hall–Kier alpha value is -4.78. The number of aromatic nitrogens is 2. The molecule has 2 aromatic carbocycles. The summed E-state index contributed by atoms with van der Waals surface area (Å²) in [5.41, 5.74) is 4.40. The van der Waals surface area contributed by atoms with Gasteiger partial charge in [-0.15, -0.1) is 0 Å². The summed E-state index contributed by atoms with van der Waals surface area (Å²) in [7, 11) is 0.949. The number of carbonyl (C=O) groups is 3. The van der Waals surface area contributed by atoms with Crippen molar-refractivity contribution in [2.24, 2.45) is 0 Å². The van der Waals surface area contributed by atoms with Crippen LogP contribution in [0.25, 0.3) is 22.0 Å². The number of nitrogens with one attached hydrogen (secondary N) is 3. The van der Waals surface area contributed by atoms with Crippen LogP contribution in [0.3, 0.4) is 0 Å². The van der Waals surface area contributed by atoms with Crippen LogP contribution in [0.4, 0.5) is 17.6 Å². The number of alkyl halides is 2. The summed E-state index contributed by atoms with van der Waals surface area (Å²) in [5.74, 6) is -1.24. The number of aromatic amines is 1. The summed E-state index contributed by atoms with van der Waals surface area (Å²) in [5, 5.41) is 6.25. The number of hydrogen-bond donors (Lipinski definition) is 3. The first-order chi connectivity index (χ1) is 21.7. The van der Waals surface area contributed by atoms with Gasteiger partial charge in [0.25, 0.3) is 0 Å². The predicted molar refractivity (Wildman–Crippen MR) is 161 cm³/mol. The number of likely N-dealkylation sites (tertiary alicyclic amines) is 1. The fraction of sp³-hybridized carbons (Fsp3) is 0.312. The second-order valence-corrected chi connectivity index (χ2v) is 10.1. The first kappa shape index (κ1) is 34.7. The third kappa shape index (κ3) is 10.4. The summed E-state index contributed by atoms with van der Waals surface area (Å²) in [4.78, 5) is 42.5. The molecule has 1 aliphatic heterocycles. The highest BCUT2D eigenvalue weighted by atomic mass is 19.3. The molecular formula is C32H35F4N5O4. The molecule has 1 unspecified atom stereocenters. The van der Waals surface area contributed by atoms with Crippen molar-refractivity contribution in [3.05, 3.63) is 89.4 Å². The van der Waals surface area contributed by atoms with Crippen LogP contribution < -0.4 is 10.6 Å². The van der Waals surface area contributed by atoms with Gasteiger partial charge in [0, 0.05) is 66.9 Å². The van der Waals surface area contributed by atoms with Crippen molar-refractivity contribution in [2.75, 3.05) is 13.7 Å². The Labute approximate surface area is 258 Å². The minimum Gasteiger partial charge on any atom is -0.357 e. The summed E-state index contributed by atoms with van der Waals surface area (Å²) >= 11 is 0. The smallest absolute Gasteiger partial charge is 0.345 e. The molecule has 1 saturated heterocycles. The Kier molecular flexibility index (Phi) is 13.5. The lowest BCUT2D eigenvalue weighted by atomic mass is 9.96. The minimum absolute atomic E-state index is 0.0491. The fourth-order valence-electron chi connectivity index (χ4n) is 4.85. The second-order valence-electron chi connectivity index (χ2n) is 10.1. The zero-order valence-electron chi connectivity index (χ0n) is 24.9. The van der Waals surface area contributed by atoms with E-state index < -0.39 is 18.2 Å². The zero-order valence-corrected chi connectivity index (χ0v) is 24.9. The van der Waals surface area contributed by atoms with E-state index in [-0.39, 0.29) is 30.5 Å². The van der Waals surface area contributed by atoms with Gasteiger partial charge >= 0.3 is 6.61 Å². The highest BCUT2D eigenvalue weighted by Gasteiger charge is 2.25. The topological polar surface area (TPSA) is 116 Å². The molecular weight excluding hydrogens is 594 g/mol. The number of carbonyl (C=O) groups excluding carboxylic acids is 3. The molecule has 3 heterocycles. The summed E-state index contributed by atoms with van der Waals surface area (Å²) in [6.45, 7) is 0.951. The molecule has 1 fully saturated rings. The molecule has 0 saturated carbocycles. The van der Waals surface area contributed by atoms with Crippen LogP contribution in [-0.2, 0) is 38.6 Å². The van der Waals surface area contributed by atoms with Crippen molar-refractivity contribution < 1.29 is 36.7 Å². The third-order valence-corrected chi connectivity index (χ3v) is 7.07. The fourth-order valence-corrected chi connectivity index (χ4v) is 4.85. The lowest BCUT2D eigenvalue weighted by Gasteiger charge is -2.22. The number of benzene rings is 2. The van der Waals surface area contributed by atoms with Crippen molar-refractivity contribution in [3.8, 4) is 11.1 Å². The lowest BCUT2D eigenvalue weighted by molar-refractivity contribution is -0.131. The quantitative estimate of drug-likeness (QED) is 0.167. The molecule has 0 spiro atoms. The molecule has 45 heavy (non-hydrogen) atoms. The average molecular weight is 630 g/mol. The van der Waals surface area contributed by atoms with Crippen LogP contribution in [-0.4, -0.2) is 59.9 Å². The number of amides is 3. The maximum Gasteiger partial charge on any atom is 0.345 e. The first-order valence-electron chi connectivity index (χ1n) is 14.1. The number of nitrogens with zero attached hydrogens (tertiary/aromatic N) is 2. The van der Waals surface area contributed by atoms with Gasteiger partial charge in [-0.1, -0.05) is 12.1 Å². The van der Waals surface area contributed by atoms with E-state index in [1.54, 1.807) is 30.6 Å². The van der Waals surface area contributed by atoms with Gasteiger partial charge in [-0.3, -0.25) is 19.4 Å². The van der Waals surface area contributed by atoms with Gasteiger partial charge in [-0.05, 0) is 66.8 Å². The molecule has 13 heteroatoms. The molecule has 0 radical (unpaired) electrons. The number of pyridine rings is 1. The molecule has 1 atom stereocenters. The van der Waals surface area contributed by atoms with E-state index in [4.69, 9.17) is 0 Å². The van der Waals surface area contributed by atoms with Gasteiger partial charge in [0.1, 0.15) is 11.6 Å². The minimum atomic E-state index is -2.62. The van der Waals surface area contributed by atoms with Crippen molar-refractivity contribution in [1.29, 1.82) is 0 Å². The van der Waals surface area contributed by atoms with Crippen LogP contribution in [0, 0.1) is 11.6 Å². The van der Waals surface area contributed by atoms with Crippen LogP contribution in [0.5, 0.6) is 0 Å². The Bertz CT molecular complexity index is 1530. The molecule has 2 aromatic heterocycles. The predicted octanol–water partition coefficient (Wildman–Crippen LogP) is 5.10. The van der Waals surface area contributed by atoms with Gasteiger partial charge < -0.3 is 25.3 Å². The van der Waals surface area contributed by atoms with Crippen molar-refractivity contribution in [3.63, 3.8) is 0 Å². The van der Waals surface area contributed by atoms with Gasteiger partial charge in [-0.25, -0.2) is 8.78 Å². The van der Waals surface area contributed by atoms with Crippen LogP contribution >= 0.6 is 0 Å². The first-order valence-corrected chi connectivity index (χ1v) is 14.1. The number of rotatable bonds is 10. The summed E-state index contributed by atoms with van der Waals surface area (Å²) in [6, 6.07) is 12.8. The number of methoxy groups -OCH3 is 1. The average Bonchev–Trinajstić information content (AvgIpc) is 3.66. The van der Waals surface area contributed by atoms with Gasteiger partial charge in [-0.2, -0.15) is 8.78 Å². The molecule has 3 N–H and O–H groups in total. The second kappa shape index (κ2) is 17.5. The normalized spacial score (nSPS) is 13.8. The van der Waals surface area contributed by atoms with Crippen molar-refractivity contribution in [2.45, 2.75) is 51.9 Å². The number of halogens is 4. The molecule has 240 valence electrons. The van der Waals surface area contributed by atoms with Crippen LogP contribution in [0.1, 0.15) is 36.6 Å². The van der Waals surface area contributed by atoms with E-state index in [2.05, 4.69) is 25.3 Å². The maximum atomic E-state index is 14.1. The number of ether oxygens (including phenoxy) is 1. The standard InChI is InChI=1S/C21H22F2N2O2.C9H9N3O.C2H4F2O/c1-14-3-2-8-25(14)21(27)10-15-4-5-16(9-17(15)12-24-13-26)19-7-6-18(22)11-20(19)23;13-6-11-5-8-3-7-4-10-2-1-9(7)12-8;1-5-2(3)4/h4-7,9,11,13-14H,2-3,8,10,12H2,1H3,(H,24,26);1-4,6,12H,5H2,(H,11,13);2H,1H3. The van der Waals surface area contributed by atoms with Gasteiger partial charge in [0.2, 0.25) is 18.7 Å². The van der Waals surface area contributed by atoms with E-state index >= 15 is 0 Å². The molecule has 5 rings (SSSR count). The van der Waals surface area contributed by atoms with Crippen LogP contribution in [0.15, 0.2) is 60.9 Å². The summed E-state index contributed by atoms with van der Waals surface area (Å²) < 4.78 is 51.8. The Morgan fingerprint density at radius 3 is 2.42 bits per heavy atom. The molecule has 3 amide bonds. The Balaban J connectivity index is 0.000000252. The highest BCUT2D eigenvalue weighted by Crippen LogP contribution is 2.27. The molecule has 0 bridgehead atoms. The highest BCUT2D eigenvalue weighted by molar-refractivity contribution is 5.80. The van der Waals surface area contributed by atoms with Crippen molar-refractivity contribution in [1.82, 2.24) is 25.5 Å². The SMILES string of the molecule is CC1CCCN1C(=O)Cc1ccc(-c2ccc(F)cc2F)cc1CNC=O.COC(F)F.O=CNCc1cc2cnccc2[nH]1. The lowest BCUT2D eigenvalue weighted by Crippen LogP contribution is -2.35.